The molecule has 0 bridgehead atoms. The van der Waals surface area contributed by atoms with E-state index in [1.807, 2.05) is 62.6 Å². The Morgan fingerprint density at radius 2 is 1.88 bits per heavy atom. The van der Waals surface area contributed by atoms with Gasteiger partial charge in [-0.05, 0) is 35.4 Å². The van der Waals surface area contributed by atoms with Gasteiger partial charge in [0.25, 0.3) is 0 Å². The van der Waals surface area contributed by atoms with Crippen molar-refractivity contribution in [2.24, 2.45) is 5.10 Å². The van der Waals surface area contributed by atoms with Crippen molar-refractivity contribution in [2.45, 2.75) is 10.9 Å². The molecule has 0 unspecified atom stereocenters. The molecule has 0 saturated carbocycles. The molecule has 0 aliphatic rings. The Balaban J connectivity index is 1.50. The van der Waals surface area contributed by atoms with Crippen molar-refractivity contribution in [3.8, 4) is 0 Å². The molecule has 1 heterocycles. The topological polar surface area (TPSA) is 69.2 Å². The molecule has 134 valence electrons. The van der Waals surface area contributed by atoms with Crippen LogP contribution in [0.15, 0.2) is 58.8 Å². The highest BCUT2D eigenvalue weighted by molar-refractivity contribution is 7.98. The zero-order valence-electron chi connectivity index (χ0n) is 14.5. The van der Waals surface area contributed by atoms with Gasteiger partial charge in [-0.3, -0.25) is 0 Å². The van der Waals surface area contributed by atoms with Gasteiger partial charge in [-0.15, -0.1) is 5.10 Å². The number of hydrazone groups is 1. The van der Waals surface area contributed by atoms with Gasteiger partial charge in [-0.1, -0.05) is 47.6 Å². The standard InChI is InChI=1S/C18H19ClN6S/c1-25(2)16-9-5-13(6-10-16)11-20-22-17-21-18(24-23-17)26-12-14-3-7-15(19)8-4-14/h3-11H,12H2,1-2H3,(H2,21,22,23,24)/b20-11-. The maximum absolute atomic E-state index is 5.89. The number of nitrogens with zero attached hydrogens (tertiary/aromatic N) is 4. The highest BCUT2D eigenvalue weighted by Gasteiger charge is 2.03. The van der Waals surface area contributed by atoms with Crippen LogP contribution in [0.3, 0.4) is 0 Å². The average molecular weight is 387 g/mol. The predicted molar refractivity (Wildman–Crippen MR) is 109 cm³/mol. The molecule has 0 atom stereocenters. The number of aromatic amines is 1. The molecule has 2 aromatic carbocycles. The molecule has 0 radical (unpaired) electrons. The number of hydrogen-bond donors (Lipinski definition) is 2. The molecule has 0 amide bonds. The Kier molecular flexibility index (Phi) is 6.14. The first kappa shape index (κ1) is 18.3. The summed E-state index contributed by atoms with van der Waals surface area (Å²) in [5, 5.41) is 12.6. The number of hydrogen-bond acceptors (Lipinski definition) is 6. The van der Waals surface area contributed by atoms with Gasteiger partial charge in [0.1, 0.15) is 0 Å². The van der Waals surface area contributed by atoms with Gasteiger partial charge in [0.2, 0.25) is 11.1 Å². The first-order valence-electron chi connectivity index (χ1n) is 7.96. The van der Waals surface area contributed by atoms with E-state index in [1.54, 1.807) is 18.0 Å². The van der Waals surface area contributed by atoms with Crippen LogP contribution in [-0.2, 0) is 5.75 Å². The lowest BCUT2D eigenvalue weighted by Gasteiger charge is -2.11. The van der Waals surface area contributed by atoms with Gasteiger partial charge in [0, 0.05) is 30.6 Å². The highest BCUT2D eigenvalue weighted by Crippen LogP contribution is 2.21. The van der Waals surface area contributed by atoms with E-state index >= 15 is 0 Å². The Labute approximate surface area is 161 Å². The van der Waals surface area contributed by atoms with Crippen molar-refractivity contribution >= 4 is 41.2 Å². The van der Waals surface area contributed by atoms with Crippen LogP contribution in [0.25, 0.3) is 0 Å². The molecule has 0 saturated heterocycles. The summed E-state index contributed by atoms with van der Waals surface area (Å²) in [5.41, 5.74) is 6.17. The molecule has 0 fully saturated rings. The lowest BCUT2D eigenvalue weighted by atomic mass is 10.2. The number of aromatic nitrogens is 3. The summed E-state index contributed by atoms with van der Waals surface area (Å²) in [4.78, 5) is 6.40. The maximum atomic E-state index is 5.89. The summed E-state index contributed by atoms with van der Waals surface area (Å²) < 4.78 is 0. The van der Waals surface area contributed by atoms with Crippen molar-refractivity contribution in [1.82, 2.24) is 15.2 Å². The molecular weight excluding hydrogens is 368 g/mol. The second-order valence-corrected chi connectivity index (χ2v) is 7.12. The molecule has 26 heavy (non-hydrogen) atoms. The largest absolute Gasteiger partial charge is 0.378 e. The van der Waals surface area contributed by atoms with E-state index in [1.165, 1.54) is 0 Å². The smallest absolute Gasteiger partial charge is 0.240 e. The number of nitrogens with one attached hydrogen (secondary N) is 2. The zero-order valence-corrected chi connectivity index (χ0v) is 16.1. The van der Waals surface area contributed by atoms with Crippen molar-refractivity contribution in [3.63, 3.8) is 0 Å². The third kappa shape index (κ3) is 5.24. The second kappa shape index (κ2) is 8.73. The third-order valence-electron chi connectivity index (χ3n) is 3.54. The minimum absolute atomic E-state index is 0.504. The van der Waals surface area contributed by atoms with Gasteiger partial charge in [0.15, 0.2) is 0 Å². The van der Waals surface area contributed by atoms with E-state index in [9.17, 15) is 0 Å². The lowest BCUT2D eigenvalue weighted by molar-refractivity contribution is 0.972. The molecule has 3 rings (SSSR count). The van der Waals surface area contributed by atoms with Crippen molar-refractivity contribution < 1.29 is 0 Å². The summed E-state index contributed by atoms with van der Waals surface area (Å²) in [6, 6.07) is 15.8. The van der Waals surface area contributed by atoms with Gasteiger partial charge in [0.05, 0.1) is 6.21 Å². The van der Waals surface area contributed by atoms with Crippen molar-refractivity contribution in [1.29, 1.82) is 0 Å². The second-order valence-electron chi connectivity index (χ2n) is 5.74. The highest BCUT2D eigenvalue weighted by atomic mass is 35.5. The fraction of sp³-hybridized carbons (Fsp3) is 0.167. The lowest BCUT2D eigenvalue weighted by Crippen LogP contribution is -2.08. The average Bonchev–Trinajstić information content (AvgIpc) is 3.09. The van der Waals surface area contributed by atoms with E-state index in [2.05, 4.69) is 30.6 Å². The first-order chi connectivity index (χ1) is 12.6. The Morgan fingerprint density at radius 3 is 2.58 bits per heavy atom. The predicted octanol–water partition coefficient (Wildman–Crippen LogP) is 4.26. The molecule has 2 N–H and O–H groups in total. The summed E-state index contributed by atoms with van der Waals surface area (Å²) in [5.74, 6) is 1.28. The van der Waals surface area contributed by atoms with Gasteiger partial charge < -0.3 is 4.90 Å². The van der Waals surface area contributed by atoms with Gasteiger partial charge in [-0.2, -0.15) is 10.1 Å². The van der Waals surface area contributed by atoms with E-state index in [0.717, 1.165) is 27.6 Å². The summed E-state index contributed by atoms with van der Waals surface area (Å²) in [7, 11) is 4.02. The van der Waals surface area contributed by atoms with E-state index in [0.29, 0.717) is 11.1 Å². The molecule has 8 heteroatoms. The number of thioether (sulfide) groups is 1. The number of benzene rings is 2. The Hall–Kier alpha value is -2.51. The summed E-state index contributed by atoms with van der Waals surface area (Å²) in [6.45, 7) is 0. The minimum Gasteiger partial charge on any atom is -0.378 e. The van der Waals surface area contributed by atoms with Crippen LogP contribution in [0.4, 0.5) is 11.6 Å². The third-order valence-corrected chi connectivity index (χ3v) is 4.71. The summed E-state index contributed by atoms with van der Waals surface area (Å²) >= 11 is 7.43. The van der Waals surface area contributed by atoms with Gasteiger partial charge in [-0.25, -0.2) is 10.5 Å². The molecule has 6 nitrogen and oxygen atoms in total. The molecule has 3 aromatic rings. The van der Waals surface area contributed by atoms with E-state index in [4.69, 9.17) is 11.6 Å². The van der Waals surface area contributed by atoms with Crippen LogP contribution in [0.1, 0.15) is 11.1 Å². The first-order valence-corrected chi connectivity index (χ1v) is 9.32. The Bertz CT molecular complexity index is 858. The zero-order chi connectivity index (χ0) is 18.4. The minimum atomic E-state index is 0.504. The molecule has 1 aromatic heterocycles. The number of rotatable bonds is 7. The maximum Gasteiger partial charge on any atom is 0.240 e. The molecule has 0 spiro atoms. The Morgan fingerprint density at radius 1 is 1.15 bits per heavy atom. The molecule has 0 aliphatic carbocycles. The summed E-state index contributed by atoms with van der Waals surface area (Å²) in [6.07, 6.45) is 1.74. The van der Waals surface area contributed by atoms with Crippen LogP contribution in [0.5, 0.6) is 0 Å². The van der Waals surface area contributed by atoms with Crippen LogP contribution in [0.2, 0.25) is 5.02 Å². The number of halogens is 1. The van der Waals surface area contributed by atoms with Crippen LogP contribution < -0.4 is 10.3 Å². The number of anilines is 2. The molecule has 0 aliphatic heterocycles. The van der Waals surface area contributed by atoms with E-state index < -0.39 is 0 Å². The molecular formula is C18H19ClN6S. The van der Waals surface area contributed by atoms with E-state index in [-0.39, 0.29) is 0 Å². The van der Waals surface area contributed by atoms with Crippen LogP contribution in [-0.4, -0.2) is 35.5 Å². The number of H-pyrrole nitrogens is 1. The quantitative estimate of drug-likeness (QED) is 0.360. The van der Waals surface area contributed by atoms with Crippen LogP contribution in [0, 0.1) is 0 Å². The van der Waals surface area contributed by atoms with Crippen molar-refractivity contribution in [2.75, 3.05) is 24.4 Å². The fourth-order valence-electron chi connectivity index (χ4n) is 2.12. The van der Waals surface area contributed by atoms with Crippen molar-refractivity contribution in [3.05, 3.63) is 64.7 Å². The SMILES string of the molecule is CN(C)c1ccc(/C=N\Nc2nc(SCc3ccc(Cl)cc3)n[nH]2)cc1. The fourth-order valence-corrected chi connectivity index (χ4v) is 3.00. The normalized spacial score (nSPS) is 11.0. The van der Waals surface area contributed by atoms with Gasteiger partial charge >= 0.3 is 0 Å². The van der Waals surface area contributed by atoms with Crippen LogP contribution >= 0.6 is 23.4 Å². The monoisotopic (exact) mass is 386 g/mol.